The third-order valence-electron chi connectivity index (χ3n) is 19.3. The maximum atomic E-state index is 14.5. The highest BCUT2D eigenvalue weighted by Crippen LogP contribution is 2.43. The van der Waals surface area contributed by atoms with Gasteiger partial charge in [-0.25, -0.2) is 108 Å². The minimum atomic E-state index is -3.37. The summed E-state index contributed by atoms with van der Waals surface area (Å²) in [6.07, 6.45) is 5.34. The van der Waals surface area contributed by atoms with E-state index < -0.39 is 67.4 Å². The number of halogens is 8. The molecule has 3 unspecified atom stereocenters. The first kappa shape index (κ1) is 75.3. The molecule has 0 amide bonds. The Balaban J connectivity index is 0.000000147. The summed E-state index contributed by atoms with van der Waals surface area (Å²) in [6, 6.07) is 17.7. The maximum Gasteiger partial charge on any atom is 0.282 e. The van der Waals surface area contributed by atoms with E-state index in [1.807, 2.05) is 25.1 Å². The number of imidazole rings is 3. The number of piperidine rings is 3. The molecule has 14 rings (SSSR count). The first-order chi connectivity index (χ1) is 49.3. The number of sulfonamides is 2. The Morgan fingerprint density at radius 2 is 1.02 bits per heavy atom. The molecule has 0 saturated carbocycles. The molecule has 5 aliphatic rings. The SMILES string of the molecule is CCc1cc(-c2cnc3ccc(C(F)F)nn23)cc(N2CCC(F)(F)C(CCS(C)(=O)=O)C2)n1.CN1CC2(C1)CN(c1cc(-c3cnc4ccc(C(F)F)nn34)cc(N3CCCC(CNS(C)(=O)=O)C3)n1)C2.CS(=O)(=O)NCC1CCCN(c2cc(-c3cnc4ccc(C(F)F)nn34)cnc2CN)C1. The second-order valence-corrected chi connectivity index (χ2v) is 33.6. The van der Waals surface area contributed by atoms with Crippen LogP contribution >= 0.6 is 0 Å². The third-order valence-corrected chi connectivity index (χ3v) is 21.7. The summed E-state index contributed by atoms with van der Waals surface area (Å²) < 4.78 is 187. The van der Waals surface area contributed by atoms with E-state index >= 15 is 0 Å². The molecule has 104 heavy (non-hydrogen) atoms. The molecule has 0 radical (unpaired) electrons. The predicted octanol–water partition coefficient (Wildman–Crippen LogP) is 8.39. The van der Waals surface area contributed by atoms with Crippen molar-refractivity contribution in [3.05, 3.63) is 120 Å². The average molecular weight is 1510 g/mol. The first-order valence-electron chi connectivity index (χ1n) is 34.0. The van der Waals surface area contributed by atoms with Gasteiger partial charge < -0.3 is 30.2 Å². The standard InChI is InChI=1S/C25H32F2N8O2S.C22H25F4N5O2S.C20H25F2N7O2S/c1-32-13-25(14-32)15-34(16-25)23-9-18(20-11-28-21-6-5-19(24(26)27)31-35(20)21)8-22(30-23)33-7-3-4-17(12-33)10-29-38(2,36)37;1-3-16-10-14(18-12-27-19-5-4-17(21(23)24)29-31(18)19)11-20(28-16)30-8-7-22(25,26)15(13-30)6-9-34(2,32)33;1-32(30,31)26-9-13-3-2-6-28(12-13)17-7-14(10-24-16(17)8-23)18-11-25-19-5-4-15(20(21)22)27-29(18)19/h5-6,8-9,11,17,24,29H,3-4,7,10,12-16H2,1-2H3;4-5,10-12,15,21H,3,6-9,13H2,1-2H3;4-5,7,10-11,13,20,26H,2-3,6,8-9,12,23H2,1H3. The monoisotopic (exact) mass is 1510 g/mol. The van der Waals surface area contributed by atoms with Crippen LogP contribution < -0.4 is 34.8 Å². The third kappa shape index (κ3) is 17.8. The van der Waals surface area contributed by atoms with Gasteiger partial charge in [0.15, 0.2) is 16.9 Å². The van der Waals surface area contributed by atoms with Gasteiger partial charge in [0.2, 0.25) is 20.0 Å². The number of anilines is 4. The van der Waals surface area contributed by atoms with Crippen molar-refractivity contribution in [2.75, 3.05) is 130 Å². The van der Waals surface area contributed by atoms with Crippen LogP contribution in [0.1, 0.15) is 93.2 Å². The molecule has 0 bridgehead atoms. The number of rotatable bonds is 21. The molecule has 560 valence electrons. The zero-order valence-electron chi connectivity index (χ0n) is 57.9. The van der Waals surface area contributed by atoms with Crippen LogP contribution in [0.3, 0.4) is 0 Å². The quantitative estimate of drug-likeness (QED) is 0.0569. The first-order valence-corrected chi connectivity index (χ1v) is 39.9. The van der Waals surface area contributed by atoms with Crippen LogP contribution in [0.15, 0.2) is 91.5 Å². The van der Waals surface area contributed by atoms with Crippen LogP contribution in [0.4, 0.5) is 58.3 Å². The van der Waals surface area contributed by atoms with Crippen LogP contribution in [0, 0.1) is 23.2 Å². The Bertz CT molecular complexity index is 4920. The molecular weight excluding hydrogens is 1430 g/mol. The fraction of sp³-hybridized carbons (Fsp3) is 0.507. The number of hydrogen-bond donors (Lipinski definition) is 3. The minimum Gasteiger partial charge on any atom is -0.370 e. The lowest BCUT2D eigenvalue weighted by Gasteiger charge is -2.60. The number of likely N-dealkylation sites (tertiary alicyclic amines) is 1. The zero-order chi connectivity index (χ0) is 74.2. The highest BCUT2D eigenvalue weighted by molar-refractivity contribution is 7.90. The van der Waals surface area contributed by atoms with Gasteiger partial charge >= 0.3 is 0 Å². The van der Waals surface area contributed by atoms with E-state index in [0.717, 1.165) is 100 Å². The van der Waals surface area contributed by atoms with Gasteiger partial charge in [-0.15, -0.1) is 0 Å². The van der Waals surface area contributed by atoms with Crippen LogP contribution in [0.25, 0.3) is 50.7 Å². The lowest BCUT2D eigenvalue weighted by Crippen LogP contribution is -2.71. The molecule has 4 N–H and O–H groups in total. The van der Waals surface area contributed by atoms with Crippen LogP contribution in [0.2, 0.25) is 0 Å². The number of aromatic nitrogens is 12. The Morgan fingerprint density at radius 1 is 0.558 bits per heavy atom. The van der Waals surface area contributed by atoms with E-state index in [9.17, 15) is 60.4 Å². The molecule has 9 aromatic heterocycles. The van der Waals surface area contributed by atoms with Gasteiger partial charge in [0, 0.05) is 138 Å². The number of sulfone groups is 1. The van der Waals surface area contributed by atoms with E-state index in [2.05, 4.69) is 76.3 Å². The summed E-state index contributed by atoms with van der Waals surface area (Å²) in [7, 11) is -7.76. The van der Waals surface area contributed by atoms with Gasteiger partial charge in [-0.3, -0.25) is 4.98 Å². The molecule has 9 aromatic rings. The number of nitrogens with two attached hydrogens (primary N) is 1. The van der Waals surface area contributed by atoms with Gasteiger partial charge in [-0.05, 0) is 124 Å². The number of nitrogens with one attached hydrogen (secondary N) is 2. The molecule has 5 fully saturated rings. The van der Waals surface area contributed by atoms with Crippen molar-refractivity contribution in [1.82, 2.24) is 73.1 Å². The van der Waals surface area contributed by atoms with Gasteiger partial charge in [0.1, 0.15) is 44.4 Å². The number of pyridine rings is 3. The van der Waals surface area contributed by atoms with E-state index in [1.54, 1.807) is 41.7 Å². The lowest BCUT2D eigenvalue weighted by atomic mass is 9.73. The second-order valence-electron chi connectivity index (χ2n) is 27.7. The molecule has 3 atom stereocenters. The molecule has 37 heteroatoms. The fourth-order valence-corrected chi connectivity index (χ4v) is 16.0. The van der Waals surface area contributed by atoms with Gasteiger partial charge in [0.25, 0.3) is 25.2 Å². The van der Waals surface area contributed by atoms with Crippen LogP contribution in [-0.2, 0) is 42.8 Å². The summed E-state index contributed by atoms with van der Waals surface area (Å²) in [4.78, 5) is 37.7. The van der Waals surface area contributed by atoms with Crippen molar-refractivity contribution in [1.29, 1.82) is 0 Å². The van der Waals surface area contributed by atoms with E-state index in [-0.39, 0.29) is 60.7 Å². The number of fused-ring (bicyclic) bond motifs is 3. The molecule has 1 spiro atoms. The van der Waals surface area contributed by atoms with Crippen molar-refractivity contribution in [2.24, 2.45) is 28.9 Å². The lowest BCUT2D eigenvalue weighted by molar-refractivity contribution is -0.0729. The molecular formula is C67H82F8N20O6S3. The summed E-state index contributed by atoms with van der Waals surface area (Å²) in [6.45, 7) is 9.83. The Labute approximate surface area is 596 Å². The van der Waals surface area contributed by atoms with Crippen molar-refractivity contribution >= 4 is 70.0 Å². The van der Waals surface area contributed by atoms with E-state index in [1.165, 1.54) is 56.3 Å². The van der Waals surface area contributed by atoms with Crippen LogP contribution in [0.5, 0.6) is 0 Å². The van der Waals surface area contributed by atoms with Crippen LogP contribution in [-0.4, -0.2) is 205 Å². The summed E-state index contributed by atoms with van der Waals surface area (Å²) in [5.74, 6) is -2.00. The molecule has 5 saturated heterocycles. The van der Waals surface area contributed by atoms with E-state index in [0.29, 0.717) is 100 Å². The number of aryl methyl sites for hydroxylation is 1. The molecule has 5 aliphatic heterocycles. The van der Waals surface area contributed by atoms with Gasteiger partial charge in [-0.2, -0.15) is 15.3 Å². The molecule has 0 aliphatic carbocycles. The summed E-state index contributed by atoms with van der Waals surface area (Å²) in [5.41, 5.74) is 12.6. The topological polar surface area (TPSA) is 298 Å². The molecule has 26 nitrogen and oxygen atoms in total. The van der Waals surface area contributed by atoms with Gasteiger partial charge in [0.05, 0.1) is 65.3 Å². The maximum absolute atomic E-state index is 14.5. The number of alkyl halides is 8. The smallest absolute Gasteiger partial charge is 0.282 e. The largest absolute Gasteiger partial charge is 0.370 e. The normalized spacial score (nSPS) is 19.4. The minimum absolute atomic E-state index is 0.0386. The zero-order valence-corrected chi connectivity index (χ0v) is 60.3. The number of hydrogen-bond acceptors (Lipinski definition) is 21. The number of nitrogens with zero attached hydrogens (tertiary/aromatic N) is 17. The molecule has 0 aromatic carbocycles. The highest BCUT2D eigenvalue weighted by Gasteiger charge is 2.51. The van der Waals surface area contributed by atoms with Crippen molar-refractivity contribution < 1.29 is 60.4 Å². The summed E-state index contributed by atoms with van der Waals surface area (Å²) >= 11 is 0. The van der Waals surface area contributed by atoms with E-state index in [4.69, 9.17) is 10.7 Å². The Hall–Kier alpha value is -8.36. The average Bonchev–Trinajstić information content (AvgIpc) is 0.819. The summed E-state index contributed by atoms with van der Waals surface area (Å²) in [5, 5.41) is 12.2. The molecule has 14 heterocycles. The van der Waals surface area contributed by atoms with Crippen molar-refractivity contribution in [3.8, 4) is 33.8 Å². The van der Waals surface area contributed by atoms with Crippen molar-refractivity contribution in [3.63, 3.8) is 0 Å². The van der Waals surface area contributed by atoms with Crippen molar-refractivity contribution in [2.45, 2.75) is 83.6 Å². The van der Waals surface area contributed by atoms with Gasteiger partial charge in [-0.1, -0.05) is 6.92 Å². The highest BCUT2D eigenvalue weighted by atomic mass is 32.2. The second kappa shape index (κ2) is 30.6. The fourth-order valence-electron chi connectivity index (χ4n) is 14.2. The predicted molar refractivity (Wildman–Crippen MR) is 378 cm³/mol. The Morgan fingerprint density at radius 3 is 1.49 bits per heavy atom. The Kier molecular flexibility index (Phi) is 22.2.